The monoisotopic (exact) mass is 266 g/mol. The summed E-state index contributed by atoms with van der Waals surface area (Å²) in [5.41, 5.74) is 12.2. The third-order valence-corrected chi connectivity index (χ3v) is 4.10. The summed E-state index contributed by atoms with van der Waals surface area (Å²) in [7, 11) is 1.30. The smallest absolute Gasteiger partial charge is 0.343 e. The van der Waals surface area contributed by atoms with Crippen molar-refractivity contribution in [1.29, 1.82) is 5.26 Å². The fourth-order valence-corrected chi connectivity index (χ4v) is 3.05. The number of nitrogen functional groups attached to an aromatic ring is 1. The van der Waals surface area contributed by atoms with E-state index in [1.807, 2.05) is 11.0 Å². The molecule has 0 bridgehead atoms. The Kier molecular flexibility index (Phi) is 3.41. The second kappa shape index (κ2) is 4.84. The maximum Gasteiger partial charge on any atom is 0.343 e. The van der Waals surface area contributed by atoms with E-state index in [1.165, 1.54) is 18.4 Å². The van der Waals surface area contributed by atoms with Gasteiger partial charge in [0.25, 0.3) is 0 Å². The highest BCUT2D eigenvalue weighted by molar-refractivity contribution is 7.17. The maximum absolute atomic E-state index is 11.8. The summed E-state index contributed by atoms with van der Waals surface area (Å²) in [5, 5.41) is 9.67. The van der Waals surface area contributed by atoms with Crippen molar-refractivity contribution in [1.82, 2.24) is 0 Å². The highest BCUT2D eigenvalue weighted by atomic mass is 32.1. The Morgan fingerprint density at radius 1 is 1.67 bits per heavy atom. The molecule has 1 aromatic heterocycles. The Morgan fingerprint density at radius 2 is 2.39 bits per heavy atom. The van der Waals surface area contributed by atoms with Crippen molar-refractivity contribution in [3.63, 3.8) is 0 Å². The van der Waals surface area contributed by atoms with Gasteiger partial charge in [0.05, 0.1) is 12.8 Å². The molecular formula is C11H14N4O2S. The highest BCUT2D eigenvalue weighted by Gasteiger charge is 2.29. The molecule has 0 spiro atoms. The number of nitriles is 1. The van der Waals surface area contributed by atoms with Crippen LogP contribution in [0.2, 0.25) is 0 Å². The summed E-state index contributed by atoms with van der Waals surface area (Å²) in [6, 6.07) is 2.08. The molecule has 0 aliphatic carbocycles. The van der Waals surface area contributed by atoms with E-state index in [4.69, 9.17) is 21.5 Å². The van der Waals surface area contributed by atoms with E-state index in [1.54, 1.807) is 0 Å². The predicted molar refractivity (Wildman–Crippen MR) is 69.6 cm³/mol. The number of esters is 1. The largest absolute Gasteiger partial charge is 0.465 e. The third kappa shape index (κ3) is 2.00. The van der Waals surface area contributed by atoms with E-state index in [0.29, 0.717) is 16.4 Å². The standard InChI is InChI=1S/C11H14N4O2S/c1-17-11(16)8-9(14)7(4-12)18-10(8)15-3-2-6(13)5-15/h6H,2-3,5,13-14H2,1H3. The quantitative estimate of drug-likeness (QED) is 0.756. The fraction of sp³-hybridized carbons (Fsp3) is 0.455. The Balaban J connectivity index is 2.46. The van der Waals surface area contributed by atoms with E-state index in [9.17, 15) is 4.79 Å². The number of ether oxygens (including phenoxy) is 1. The number of carbonyl (C=O) groups excluding carboxylic acids is 1. The van der Waals surface area contributed by atoms with Crippen LogP contribution in [0, 0.1) is 11.3 Å². The summed E-state index contributed by atoms with van der Waals surface area (Å²) in [6.07, 6.45) is 0.861. The lowest BCUT2D eigenvalue weighted by atomic mass is 10.2. The molecular weight excluding hydrogens is 252 g/mol. The molecule has 0 radical (unpaired) electrons. The van der Waals surface area contributed by atoms with Gasteiger partial charge in [0, 0.05) is 19.1 Å². The molecule has 1 atom stereocenters. The number of hydrogen-bond donors (Lipinski definition) is 2. The van der Waals surface area contributed by atoms with E-state index in [-0.39, 0.29) is 17.3 Å². The van der Waals surface area contributed by atoms with Crippen molar-refractivity contribution in [3.8, 4) is 6.07 Å². The summed E-state index contributed by atoms with van der Waals surface area (Å²) >= 11 is 1.21. The van der Waals surface area contributed by atoms with E-state index in [2.05, 4.69) is 0 Å². The van der Waals surface area contributed by atoms with Gasteiger partial charge in [0.15, 0.2) is 0 Å². The molecule has 6 nitrogen and oxygen atoms in total. The second-order valence-corrected chi connectivity index (χ2v) is 5.12. The van der Waals surface area contributed by atoms with Crippen LogP contribution in [-0.2, 0) is 4.74 Å². The molecule has 1 fully saturated rings. The van der Waals surface area contributed by atoms with Crippen LogP contribution in [-0.4, -0.2) is 32.2 Å². The van der Waals surface area contributed by atoms with Crippen LogP contribution in [0.25, 0.3) is 0 Å². The molecule has 2 rings (SSSR count). The van der Waals surface area contributed by atoms with Crippen molar-refractivity contribution < 1.29 is 9.53 Å². The summed E-state index contributed by atoms with van der Waals surface area (Å²) in [4.78, 5) is 14.1. The molecule has 1 unspecified atom stereocenters. The van der Waals surface area contributed by atoms with Crippen molar-refractivity contribution in [2.45, 2.75) is 12.5 Å². The zero-order valence-corrected chi connectivity index (χ0v) is 10.8. The Bertz CT molecular complexity index is 520. The summed E-state index contributed by atoms with van der Waals surface area (Å²) in [6.45, 7) is 1.42. The van der Waals surface area contributed by atoms with Crippen LogP contribution in [0.4, 0.5) is 10.7 Å². The zero-order chi connectivity index (χ0) is 13.3. The third-order valence-electron chi connectivity index (χ3n) is 2.93. The first-order valence-electron chi connectivity index (χ1n) is 5.49. The van der Waals surface area contributed by atoms with Crippen molar-refractivity contribution >= 4 is 28.0 Å². The van der Waals surface area contributed by atoms with Gasteiger partial charge in [-0.3, -0.25) is 0 Å². The highest BCUT2D eigenvalue weighted by Crippen LogP contribution is 2.39. The zero-order valence-electron chi connectivity index (χ0n) is 9.97. The molecule has 1 saturated heterocycles. The number of carbonyl (C=O) groups is 1. The normalized spacial score (nSPS) is 18.7. The first-order valence-corrected chi connectivity index (χ1v) is 6.31. The first-order chi connectivity index (χ1) is 8.58. The molecule has 18 heavy (non-hydrogen) atoms. The molecule has 0 amide bonds. The molecule has 1 aliphatic heterocycles. The number of nitrogens with zero attached hydrogens (tertiary/aromatic N) is 2. The van der Waals surface area contributed by atoms with Gasteiger partial charge in [-0.25, -0.2) is 4.79 Å². The van der Waals surface area contributed by atoms with Gasteiger partial charge in [0.1, 0.15) is 21.5 Å². The van der Waals surface area contributed by atoms with Crippen LogP contribution < -0.4 is 16.4 Å². The van der Waals surface area contributed by atoms with Crippen molar-refractivity contribution in [2.24, 2.45) is 5.73 Å². The Labute approximate surface area is 109 Å². The van der Waals surface area contributed by atoms with E-state index < -0.39 is 5.97 Å². The lowest BCUT2D eigenvalue weighted by molar-refractivity contribution is 0.0603. The minimum Gasteiger partial charge on any atom is -0.465 e. The molecule has 2 heterocycles. The van der Waals surface area contributed by atoms with E-state index in [0.717, 1.165) is 13.0 Å². The van der Waals surface area contributed by atoms with Crippen LogP contribution in [0.3, 0.4) is 0 Å². The average Bonchev–Trinajstić information content (AvgIpc) is 2.92. The van der Waals surface area contributed by atoms with Crippen LogP contribution in [0.5, 0.6) is 0 Å². The van der Waals surface area contributed by atoms with Gasteiger partial charge in [-0.05, 0) is 6.42 Å². The molecule has 1 aliphatic rings. The number of anilines is 2. The van der Waals surface area contributed by atoms with Crippen LogP contribution in [0.15, 0.2) is 0 Å². The average molecular weight is 266 g/mol. The van der Waals surface area contributed by atoms with Crippen LogP contribution >= 0.6 is 11.3 Å². The molecule has 7 heteroatoms. The number of hydrogen-bond acceptors (Lipinski definition) is 7. The Hall–Kier alpha value is -1.78. The van der Waals surface area contributed by atoms with Crippen molar-refractivity contribution in [3.05, 3.63) is 10.4 Å². The maximum atomic E-state index is 11.8. The molecule has 0 saturated carbocycles. The first kappa shape index (κ1) is 12.7. The number of thiophene rings is 1. The molecule has 96 valence electrons. The van der Waals surface area contributed by atoms with Crippen LogP contribution in [0.1, 0.15) is 21.7 Å². The molecule has 1 aromatic rings. The SMILES string of the molecule is COC(=O)c1c(N2CCC(N)C2)sc(C#N)c1N. The predicted octanol–water partition coefficient (Wildman–Crippen LogP) is 0.526. The minimum atomic E-state index is -0.513. The minimum absolute atomic E-state index is 0.0874. The van der Waals surface area contributed by atoms with Gasteiger partial charge in [0.2, 0.25) is 0 Å². The Morgan fingerprint density at radius 3 is 2.89 bits per heavy atom. The van der Waals surface area contributed by atoms with Gasteiger partial charge >= 0.3 is 5.97 Å². The lowest BCUT2D eigenvalue weighted by Crippen LogP contribution is -2.26. The number of rotatable bonds is 2. The van der Waals surface area contributed by atoms with Gasteiger partial charge in [-0.15, -0.1) is 11.3 Å². The fourth-order valence-electron chi connectivity index (χ4n) is 2.01. The van der Waals surface area contributed by atoms with Gasteiger partial charge in [-0.2, -0.15) is 5.26 Å². The molecule has 0 aromatic carbocycles. The molecule has 4 N–H and O–H groups in total. The number of methoxy groups -OCH3 is 1. The topological polar surface area (TPSA) is 105 Å². The van der Waals surface area contributed by atoms with E-state index >= 15 is 0 Å². The van der Waals surface area contributed by atoms with Gasteiger partial charge in [-0.1, -0.05) is 0 Å². The van der Waals surface area contributed by atoms with Crippen molar-refractivity contribution in [2.75, 3.05) is 30.8 Å². The summed E-state index contributed by atoms with van der Waals surface area (Å²) < 4.78 is 4.72. The second-order valence-electron chi connectivity index (χ2n) is 4.12. The number of nitrogens with two attached hydrogens (primary N) is 2. The van der Waals surface area contributed by atoms with Gasteiger partial charge < -0.3 is 21.1 Å². The lowest BCUT2D eigenvalue weighted by Gasteiger charge is -2.17. The summed E-state index contributed by atoms with van der Waals surface area (Å²) in [5.74, 6) is -0.513.